The molecule has 4 fully saturated rings. The van der Waals surface area contributed by atoms with Gasteiger partial charge in [0.15, 0.2) is 0 Å². The van der Waals surface area contributed by atoms with Gasteiger partial charge < -0.3 is 28.9 Å². The Morgan fingerprint density at radius 2 is 0.941 bits per heavy atom. The quantitative estimate of drug-likeness (QED) is 0.533. The summed E-state index contributed by atoms with van der Waals surface area (Å²) in [6.45, 7) is 13.2. The third-order valence-electron chi connectivity index (χ3n) is 6.42. The van der Waals surface area contributed by atoms with E-state index in [9.17, 15) is 19.2 Å². The molecule has 4 rings (SSSR count). The molecule has 190 valence electrons. The Morgan fingerprint density at radius 1 is 0.618 bits per heavy atom. The fourth-order valence-corrected chi connectivity index (χ4v) is 4.47. The Labute approximate surface area is 198 Å². The highest BCUT2D eigenvalue weighted by Gasteiger charge is 2.60. The van der Waals surface area contributed by atoms with E-state index in [0.29, 0.717) is 39.3 Å². The molecule has 0 unspecified atom stereocenters. The SMILES string of the molecule is CC(C)(C)OC(=O)N1CC2(CCN2OC(=O)C(=O)ON2CCC23CN(C(=O)OC(C)(C)C)C3)C1. The molecule has 0 aromatic heterocycles. The summed E-state index contributed by atoms with van der Waals surface area (Å²) in [4.78, 5) is 62.6. The van der Waals surface area contributed by atoms with Gasteiger partial charge in [-0.25, -0.2) is 19.2 Å². The zero-order valence-corrected chi connectivity index (χ0v) is 20.7. The molecule has 34 heavy (non-hydrogen) atoms. The van der Waals surface area contributed by atoms with Crippen LogP contribution in [0.5, 0.6) is 0 Å². The Morgan fingerprint density at radius 3 is 1.18 bits per heavy atom. The van der Waals surface area contributed by atoms with E-state index in [0.717, 1.165) is 12.8 Å². The number of amides is 2. The second-order valence-corrected chi connectivity index (χ2v) is 11.6. The number of likely N-dealkylation sites (tertiary alicyclic amines) is 2. The summed E-state index contributed by atoms with van der Waals surface area (Å²) in [5.41, 5.74) is -2.14. The van der Waals surface area contributed by atoms with Gasteiger partial charge in [-0.05, 0) is 54.4 Å². The van der Waals surface area contributed by atoms with Gasteiger partial charge in [-0.15, -0.1) is 10.1 Å². The van der Waals surface area contributed by atoms with Crippen molar-refractivity contribution >= 4 is 24.1 Å². The van der Waals surface area contributed by atoms with Crippen LogP contribution in [-0.2, 0) is 28.7 Å². The second kappa shape index (κ2) is 7.98. The lowest BCUT2D eigenvalue weighted by atomic mass is 9.80. The van der Waals surface area contributed by atoms with Crippen molar-refractivity contribution in [3.05, 3.63) is 0 Å². The minimum atomic E-state index is -1.11. The summed E-state index contributed by atoms with van der Waals surface area (Å²) in [6.07, 6.45) is 0.647. The van der Waals surface area contributed by atoms with Crippen molar-refractivity contribution in [1.82, 2.24) is 19.9 Å². The first-order valence-corrected chi connectivity index (χ1v) is 11.6. The van der Waals surface area contributed by atoms with Gasteiger partial charge >= 0.3 is 24.1 Å². The Hall–Kier alpha value is -2.60. The van der Waals surface area contributed by atoms with Gasteiger partial charge in [0.1, 0.15) is 11.2 Å². The largest absolute Gasteiger partial charge is 0.444 e. The molecule has 0 aliphatic carbocycles. The monoisotopic (exact) mass is 482 g/mol. The van der Waals surface area contributed by atoms with Crippen LogP contribution in [0.15, 0.2) is 0 Å². The Balaban J connectivity index is 1.21. The van der Waals surface area contributed by atoms with Gasteiger partial charge in [0.25, 0.3) is 0 Å². The highest BCUT2D eigenvalue weighted by Crippen LogP contribution is 2.41. The van der Waals surface area contributed by atoms with Crippen LogP contribution in [0, 0.1) is 0 Å². The average molecular weight is 483 g/mol. The normalized spacial score (nSPS) is 23.2. The van der Waals surface area contributed by atoms with Crippen molar-refractivity contribution in [3.8, 4) is 0 Å². The van der Waals surface area contributed by atoms with E-state index in [-0.39, 0.29) is 0 Å². The van der Waals surface area contributed by atoms with Gasteiger partial charge in [-0.3, -0.25) is 0 Å². The minimum absolute atomic E-state index is 0.361. The summed E-state index contributed by atoms with van der Waals surface area (Å²) in [5, 5.41) is 2.88. The maximum absolute atomic E-state index is 12.3. The molecule has 4 heterocycles. The highest BCUT2D eigenvalue weighted by molar-refractivity contribution is 6.29. The number of hydroxylamine groups is 4. The molecule has 0 radical (unpaired) electrons. The van der Waals surface area contributed by atoms with Crippen LogP contribution >= 0.6 is 0 Å². The van der Waals surface area contributed by atoms with E-state index in [1.807, 2.05) is 0 Å². The number of rotatable bonds is 2. The molecule has 4 saturated heterocycles. The van der Waals surface area contributed by atoms with E-state index >= 15 is 0 Å². The van der Waals surface area contributed by atoms with E-state index < -0.39 is 46.4 Å². The number of hydrogen-bond acceptors (Lipinski definition) is 10. The van der Waals surface area contributed by atoms with Gasteiger partial charge in [0.05, 0.1) is 11.1 Å². The predicted octanol–water partition coefficient (Wildman–Crippen LogP) is 1.29. The van der Waals surface area contributed by atoms with Gasteiger partial charge in [-0.2, -0.15) is 0 Å². The molecule has 0 bridgehead atoms. The Kier molecular flexibility index (Phi) is 5.75. The maximum Gasteiger partial charge on any atom is 0.438 e. The molecule has 2 spiro atoms. The predicted molar refractivity (Wildman–Crippen MR) is 116 cm³/mol. The number of nitrogens with zero attached hydrogens (tertiary/aromatic N) is 4. The molecule has 0 aromatic carbocycles. The van der Waals surface area contributed by atoms with Crippen molar-refractivity contribution in [1.29, 1.82) is 0 Å². The van der Waals surface area contributed by atoms with E-state index in [1.54, 1.807) is 51.3 Å². The highest BCUT2D eigenvalue weighted by atomic mass is 16.8. The first-order valence-electron chi connectivity index (χ1n) is 11.6. The summed E-state index contributed by atoms with van der Waals surface area (Å²) in [5.74, 6) is -2.22. The standard InChI is InChI=1S/C22H34N4O8/c1-19(2,3)31-17(29)23-11-21(12-23)7-9-25(21)33-15(27)16(28)34-26-10-8-22(26)13-24(14-22)18(30)32-20(4,5)6/h7-14H2,1-6H3. The molecular formula is C22H34N4O8. The summed E-state index contributed by atoms with van der Waals surface area (Å²) >= 11 is 0. The Bertz CT molecular complexity index is 808. The number of ether oxygens (including phenoxy) is 2. The number of carbonyl (C=O) groups excluding carboxylic acids is 4. The fraction of sp³-hybridized carbons (Fsp3) is 0.818. The lowest BCUT2D eigenvalue weighted by Crippen LogP contribution is -2.78. The molecule has 12 heteroatoms. The third-order valence-corrected chi connectivity index (χ3v) is 6.42. The van der Waals surface area contributed by atoms with Gasteiger partial charge in [0, 0.05) is 39.3 Å². The van der Waals surface area contributed by atoms with Crippen LogP contribution < -0.4 is 0 Å². The van der Waals surface area contributed by atoms with E-state index in [2.05, 4.69) is 0 Å². The molecule has 0 atom stereocenters. The molecule has 0 saturated carbocycles. The van der Waals surface area contributed by atoms with Crippen LogP contribution in [0.4, 0.5) is 9.59 Å². The molecule has 4 aliphatic heterocycles. The van der Waals surface area contributed by atoms with Crippen molar-refractivity contribution in [2.24, 2.45) is 0 Å². The van der Waals surface area contributed by atoms with Gasteiger partial charge in [0.2, 0.25) is 0 Å². The van der Waals surface area contributed by atoms with E-state index in [1.165, 1.54) is 10.1 Å². The maximum atomic E-state index is 12.3. The smallest absolute Gasteiger partial charge is 0.438 e. The molecule has 0 N–H and O–H groups in total. The summed E-state index contributed by atoms with van der Waals surface area (Å²) in [7, 11) is 0. The van der Waals surface area contributed by atoms with Gasteiger partial charge in [-0.1, -0.05) is 0 Å². The van der Waals surface area contributed by atoms with Crippen LogP contribution in [0.1, 0.15) is 54.4 Å². The molecule has 4 aliphatic rings. The topological polar surface area (TPSA) is 118 Å². The second-order valence-electron chi connectivity index (χ2n) is 11.6. The lowest BCUT2D eigenvalue weighted by molar-refractivity contribution is -0.304. The first kappa shape index (κ1) is 24.5. The number of carbonyl (C=O) groups is 4. The van der Waals surface area contributed by atoms with Crippen LogP contribution in [0.3, 0.4) is 0 Å². The molecule has 12 nitrogen and oxygen atoms in total. The fourth-order valence-electron chi connectivity index (χ4n) is 4.47. The molecule has 0 aromatic rings. The zero-order valence-electron chi connectivity index (χ0n) is 20.7. The van der Waals surface area contributed by atoms with Crippen LogP contribution in [0.2, 0.25) is 0 Å². The van der Waals surface area contributed by atoms with E-state index in [4.69, 9.17) is 19.1 Å². The minimum Gasteiger partial charge on any atom is -0.444 e. The van der Waals surface area contributed by atoms with Crippen LogP contribution in [0.25, 0.3) is 0 Å². The van der Waals surface area contributed by atoms with Crippen LogP contribution in [-0.4, -0.2) is 106 Å². The third kappa shape index (κ3) is 4.65. The van der Waals surface area contributed by atoms with Crippen molar-refractivity contribution < 1.29 is 38.3 Å². The summed E-state index contributed by atoms with van der Waals surface area (Å²) in [6, 6.07) is 0. The molecular weight excluding hydrogens is 448 g/mol. The van der Waals surface area contributed by atoms with Crippen molar-refractivity contribution in [2.45, 2.75) is 76.7 Å². The molecule has 2 amide bonds. The van der Waals surface area contributed by atoms with Crippen molar-refractivity contribution in [2.75, 3.05) is 39.3 Å². The summed E-state index contributed by atoms with van der Waals surface area (Å²) < 4.78 is 10.7. The number of hydrogen-bond donors (Lipinski definition) is 0. The average Bonchev–Trinajstić information content (AvgIpc) is 2.56. The van der Waals surface area contributed by atoms with Crippen molar-refractivity contribution in [3.63, 3.8) is 0 Å². The first-order chi connectivity index (χ1) is 15.6. The zero-order chi connectivity index (χ0) is 25.1. The lowest BCUT2D eigenvalue weighted by Gasteiger charge is -2.60.